The van der Waals surface area contributed by atoms with Gasteiger partial charge in [-0.3, -0.25) is 19.3 Å². The third-order valence-corrected chi connectivity index (χ3v) is 11.3. The third-order valence-electron chi connectivity index (χ3n) is 11.3. The molecule has 0 atom stereocenters. The number of rotatable bonds is 19. The summed E-state index contributed by atoms with van der Waals surface area (Å²) in [5.41, 5.74) is 3.11. The molecule has 4 N–H and O–H groups in total. The summed E-state index contributed by atoms with van der Waals surface area (Å²) in [4.78, 5) is 81.3. The number of urea groups is 1. The van der Waals surface area contributed by atoms with Crippen LogP contribution in [-0.2, 0) is 59.5 Å². The number of ether oxygens (including phenoxy) is 2. The maximum absolute atomic E-state index is 14.3. The average Bonchev–Trinajstić information content (AvgIpc) is 3.91. The maximum atomic E-state index is 14.3. The lowest BCUT2D eigenvalue weighted by atomic mass is 10.1. The van der Waals surface area contributed by atoms with Crippen LogP contribution in [0.25, 0.3) is 0 Å². The van der Waals surface area contributed by atoms with Crippen LogP contribution in [0.5, 0.6) is 5.75 Å². The normalized spacial score (nSPS) is 14.4. The lowest BCUT2D eigenvalue weighted by molar-refractivity contribution is -0.129. The maximum Gasteiger partial charge on any atom is 0.407 e. The molecule has 0 saturated carbocycles. The number of imidazole rings is 2. The predicted molar refractivity (Wildman–Crippen MR) is 244 cm³/mol. The highest BCUT2D eigenvalue weighted by Gasteiger charge is 2.42. The Balaban J connectivity index is 0.844. The van der Waals surface area contributed by atoms with Gasteiger partial charge in [-0.15, -0.1) is 0 Å². The second-order valence-corrected chi connectivity index (χ2v) is 16.1. The molecule has 0 spiro atoms. The van der Waals surface area contributed by atoms with Gasteiger partial charge in [-0.2, -0.15) is 0 Å². The van der Waals surface area contributed by atoms with Gasteiger partial charge in [0.05, 0.1) is 31.1 Å². The lowest BCUT2D eigenvalue weighted by Crippen LogP contribution is -2.56. The Labute approximate surface area is 378 Å². The van der Waals surface area contributed by atoms with Crippen LogP contribution in [0.3, 0.4) is 0 Å². The molecule has 6 amide bonds. The molecule has 3 aromatic carbocycles. The van der Waals surface area contributed by atoms with Crippen LogP contribution in [0.4, 0.5) is 26.7 Å². The molecule has 5 aromatic rings. The number of likely N-dealkylation sites (tertiary alicyclic amines) is 1. The van der Waals surface area contributed by atoms with Crippen molar-refractivity contribution in [2.75, 3.05) is 47.9 Å². The van der Waals surface area contributed by atoms with Crippen molar-refractivity contribution in [2.24, 2.45) is 14.1 Å². The fraction of sp³-hybridized carbons (Fsp3) is 0.383. The van der Waals surface area contributed by atoms with Gasteiger partial charge in [0.2, 0.25) is 5.91 Å². The van der Waals surface area contributed by atoms with Crippen molar-refractivity contribution >= 4 is 46.9 Å². The van der Waals surface area contributed by atoms with Gasteiger partial charge >= 0.3 is 12.1 Å². The predicted octanol–water partition coefficient (Wildman–Crippen LogP) is 5.00. The van der Waals surface area contributed by atoms with Crippen LogP contribution in [-0.4, -0.2) is 92.7 Å². The Morgan fingerprint density at radius 1 is 0.723 bits per heavy atom. The smallest absolute Gasteiger partial charge is 0.407 e. The number of alkyl carbamates (subject to hydrolysis) is 1. The molecule has 2 aromatic heterocycles. The summed E-state index contributed by atoms with van der Waals surface area (Å²) < 4.78 is 14.9. The highest BCUT2D eigenvalue weighted by atomic mass is 16.5. The minimum absolute atomic E-state index is 0.0413. The molecule has 2 aliphatic rings. The molecule has 2 aliphatic heterocycles. The molecular formula is C47H57N11O7. The number of aromatic nitrogens is 4. The Bertz CT molecular complexity index is 2350. The highest BCUT2D eigenvalue weighted by Crippen LogP contribution is 2.35. The number of carbonyl (C=O) groups excluding carboxylic acids is 5. The topological polar surface area (TPSA) is 197 Å². The van der Waals surface area contributed by atoms with E-state index < -0.39 is 30.0 Å². The van der Waals surface area contributed by atoms with E-state index in [1.807, 2.05) is 26.2 Å². The fourth-order valence-electron chi connectivity index (χ4n) is 7.77. The van der Waals surface area contributed by atoms with E-state index in [-0.39, 0.29) is 38.6 Å². The van der Waals surface area contributed by atoms with Crippen molar-refractivity contribution in [1.82, 2.24) is 40.0 Å². The summed E-state index contributed by atoms with van der Waals surface area (Å²) in [6.07, 6.45) is 11.3. The number of aryl methyl sites for hydroxylation is 2. The van der Waals surface area contributed by atoms with Crippen LogP contribution in [0.2, 0.25) is 0 Å². The van der Waals surface area contributed by atoms with Crippen molar-refractivity contribution in [3.05, 3.63) is 120 Å². The first-order valence-electron chi connectivity index (χ1n) is 22.0. The van der Waals surface area contributed by atoms with Crippen molar-refractivity contribution in [3.63, 3.8) is 0 Å². The van der Waals surface area contributed by atoms with E-state index in [2.05, 4.69) is 48.3 Å². The molecule has 1 fully saturated rings. The summed E-state index contributed by atoms with van der Waals surface area (Å²) >= 11 is 0. The molecule has 0 unspecified atom stereocenters. The molecule has 342 valence electrons. The van der Waals surface area contributed by atoms with E-state index in [1.165, 1.54) is 34.6 Å². The largest absolute Gasteiger partial charge is 0.494 e. The van der Waals surface area contributed by atoms with E-state index in [1.54, 1.807) is 82.5 Å². The number of fused-ring (bicyclic) bond motifs is 1. The SMILES string of the molecule is Cn1ccnc1CN1C(=O)C(NC(=O)Nc2cccc(COC(=O)NCCCC(=O)NCCCOc3cccc(CN4CCCCC4)c3)c2)C(=O)N(Cc2nccn2C)c2ccccc21. The average molecular weight is 888 g/mol. The third kappa shape index (κ3) is 12.7. The van der Waals surface area contributed by atoms with E-state index in [9.17, 15) is 24.0 Å². The lowest BCUT2D eigenvalue weighted by Gasteiger charge is -2.26. The zero-order valence-corrected chi connectivity index (χ0v) is 36.9. The summed E-state index contributed by atoms with van der Waals surface area (Å²) in [5, 5.41) is 10.9. The first-order chi connectivity index (χ1) is 31.6. The van der Waals surface area contributed by atoms with Gasteiger partial charge in [0.1, 0.15) is 24.0 Å². The van der Waals surface area contributed by atoms with Crippen LogP contribution in [0.15, 0.2) is 97.6 Å². The zero-order valence-electron chi connectivity index (χ0n) is 36.9. The van der Waals surface area contributed by atoms with Crippen LogP contribution < -0.4 is 35.8 Å². The highest BCUT2D eigenvalue weighted by molar-refractivity contribution is 6.21. The number of para-hydroxylation sites is 2. The van der Waals surface area contributed by atoms with Gasteiger partial charge in [-0.25, -0.2) is 19.6 Å². The summed E-state index contributed by atoms with van der Waals surface area (Å²) in [6, 6.07) is 19.5. The number of hydrogen-bond acceptors (Lipinski definition) is 10. The van der Waals surface area contributed by atoms with Crippen LogP contribution in [0.1, 0.15) is 61.3 Å². The number of benzene rings is 3. The quantitative estimate of drug-likeness (QED) is 0.0647. The summed E-state index contributed by atoms with van der Waals surface area (Å²) in [5.74, 6) is 0.588. The molecule has 0 bridgehead atoms. The van der Waals surface area contributed by atoms with Crippen molar-refractivity contribution in [2.45, 2.75) is 70.8 Å². The van der Waals surface area contributed by atoms with E-state index in [4.69, 9.17) is 9.47 Å². The van der Waals surface area contributed by atoms with Crippen molar-refractivity contribution in [3.8, 4) is 5.75 Å². The van der Waals surface area contributed by atoms with Gasteiger partial charge in [0, 0.05) is 70.6 Å². The van der Waals surface area contributed by atoms with Crippen molar-refractivity contribution < 1.29 is 33.4 Å². The Hall–Kier alpha value is -7.21. The number of hydrogen-bond donors (Lipinski definition) is 4. The van der Waals surface area contributed by atoms with E-state index in [0.717, 1.165) is 25.4 Å². The number of anilines is 3. The number of piperidine rings is 1. The van der Waals surface area contributed by atoms with Gasteiger partial charge in [0.15, 0.2) is 6.04 Å². The number of carbonyl (C=O) groups is 5. The number of amides is 6. The zero-order chi connectivity index (χ0) is 45.5. The first-order valence-corrected chi connectivity index (χ1v) is 22.0. The molecule has 0 aliphatic carbocycles. The molecule has 65 heavy (non-hydrogen) atoms. The molecule has 18 heteroatoms. The van der Waals surface area contributed by atoms with Gasteiger partial charge in [-0.1, -0.05) is 42.8 Å². The standard InChI is InChI=1S/C47H57N11O7/c1-54-25-21-48-40(54)31-57-38-16-4-5-17-39(38)58(32-41-49-22-26-55(41)2)45(61)43(44(57)60)53-46(62)52-36-14-8-13-35(28-36)33-65-47(63)51-19-10-18-42(59)50-20-11-27-64-37-15-9-12-34(29-37)30-56-23-6-3-7-24-56/h4-5,8-9,12-17,21-22,25-26,28-29,43H,3,6-7,10-11,18-20,23-24,27,30-33H2,1-2H3,(H,50,59)(H,51,63)(H2,52,53,62). The molecule has 18 nitrogen and oxygen atoms in total. The Kier molecular flexibility index (Phi) is 15.8. The Morgan fingerprint density at radius 2 is 1.37 bits per heavy atom. The van der Waals surface area contributed by atoms with Gasteiger partial charge < -0.3 is 49.7 Å². The Morgan fingerprint density at radius 3 is 2.03 bits per heavy atom. The first kappa shape index (κ1) is 45.8. The molecule has 1 saturated heterocycles. The molecule has 7 rings (SSSR count). The van der Waals surface area contributed by atoms with Crippen LogP contribution >= 0.6 is 0 Å². The minimum atomic E-state index is -1.60. The van der Waals surface area contributed by atoms with Gasteiger partial charge in [-0.05, 0) is 86.3 Å². The monoisotopic (exact) mass is 887 g/mol. The summed E-state index contributed by atoms with van der Waals surface area (Å²) in [6.45, 7) is 4.42. The van der Waals surface area contributed by atoms with Crippen molar-refractivity contribution in [1.29, 1.82) is 0 Å². The van der Waals surface area contributed by atoms with E-state index >= 15 is 0 Å². The van der Waals surface area contributed by atoms with E-state index in [0.29, 0.717) is 60.3 Å². The molecule has 4 heterocycles. The second kappa shape index (κ2) is 22.4. The fourth-order valence-corrected chi connectivity index (χ4v) is 7.77. The molecule has 0 radical (unpaired) electrons. The van der Waals surface area contributed by atoms with Gasteiger partial charge in [0.25, 0.3) is 11.8 Å². The minimum Gasteiger partial charge on any atom is -0.494 e. The molecular weight excluding hydrogens is 831 g/mol. The van der Waals surface area contributed by atoms with Crippen LogP contribution in [0, 0.1) is 0 Å². The summed E-state index contributed by atoms with van der Waals surface area (Å²) in [7, 11) is 3.62. The number of nitrogens with zero attached hydrogens (tertiary/aromatic N) is 7. The number of nitrogens with one attached hydrogen (secondary N) is 4. The second-order valence-electron chi connectivity index (χ2n) is 16.1.